The van der Waals surface area contributed by atoms with Gasteiger partial charge >= 0.3 is 0 Å². The number of hydrogen-bond donors (Lipinski definition) is 6. The number of ether oxygens (including phenoxy) is 2. The number of para-hydroxylation sites is 2. The molecule has 18 atom stereocenters. The minimum absolute atomic E-state index is 0.0332. The molecule has 6 N–H and O–H groups in total. The summed E-state index contributed by atoms with van der Waals surface area (Å²) in [7, 11) is 15.2. The van der Waals surface area contributed by atoms with Crippen LogP contribution in [0.4, 0.5) is 11.4 Å². The summed E-state index contributed by atoms with van der Waals surface area (Å²) in [4.78, 5) is 84.8. The third kappa shape index (κ3) is 19.0. The number of aromatic nitrogens is 2. The topological polar surface area (TPSA) is 272 Å². The number of benzene rings is 4. The molecule has 5 aromatic rings. The van der Waals surface area contributed by atoms with Crippen LogP contribution in [-0.2, 0) is 48.6 Å². The van der Waals surface area contributed by atoms with E-state index in [1.54, 1.807) is 71.5 Å². The van der Waals surface area contributed by atoms with Crippen LogP contribution in [0.2, 0.25) is 0 Å². The number of anilines is 2. The number of Topliss-reactive ketones (excluding diaryl/α,β-unsaturated/α-hetero) is 2. The largest absolute Gasteiger partial charge is 0.496 e. The lowest BCUT2D eigenvalue weighted by atomic mass is 9.43. The van der Waals surface area contributed by atoms with E-state index < -0.39 is 50.9 Å². The Morgan fingerprint density at radius 3 is 1.70 bits per heavy atom. The highest BCUT2D eigenvalue weighted by atomic mass is 32.2. The summed E-state index contributed by atoms with van der Waals surface area (Å²) in [5.74, 6) is 2.86. The zero-order valence-electron chi connectivity index (χ0n) is 70.8. The molecule has 23 nitrogen and oxygen atoms in total. The van der Waals surface area contributed by atoms with Gasteiger partial charge in [-0.1, -0.05) is 84.9 Å². The molecule has 0 spiro atoms. The van der Waals surface area contributed by atoms with E-state index in [1.165, 1.54) is 12.8 Å². The molecule has 4 aromatic carbocycles. The second kappa shape index (κ2) is 35.7. The van der Waals surface area contributed by atoms with Crippen molar-refractivity contribution >= 4 is 44.6 Å². The van der Waals surface area contributed by atoms with Crippen molar-refractivity contribution < 1.29 is 62.1 Å². The first-order chi connectivity index (χ1) is 52.6. The van der Waals surface area contributed by atoms with Gasteiger partial charge in [0.15, 0.2) is 21.4 Å². The fraction of sp³-hybridized carbons (Fsp3) is 0.648. The minimum atomic E-state index is -3.46. The molecule has 0 radical (unpaired) electrons. The molecule has 8 aliphatic rings. The van der Waals surface area contributed by atoms with Crippen LogP contribution in [0.15, 0.2) is 85.3 Å². The number of sulfone groups is 1. The van der Waals surface area contributed by atoms with Gasteiger partial charge < -0.3 is 60.0 Å². The van der Waals surface area contributed by atoms with Crippen LogP contribution >= 0.6 is 0 Å². The van der Waals surface area contributed by atoms with Crippen molar-refractivity contribution in [3.05, 3.63) is 113 Å². The lowest BCUT2D eigenvalue weighted by Crippen LogP contribution is -2.62. The highest BCUT2D eigenvalue weighted by Gasteiger charge is 2.59. The number of amides is 2. The number of hydroxylamine groups is 4. The van der Waals surface area contributed by atoms with Gasteiger partial charge in [0.05, 0.1) is 69.1 Å². The molecule has 2 amide bonds. The summed E-state index contributed by atoms with van der Waals surface area (Å²) in [6.07, 6.45) is 7.00. The van der Waals surface area contributed by atoms with Crippen molar-refractivity contribution in [2.24, 2.45) is 70.0 Å². The Bertz CT molecular complexity index is 4190. The molecule has 2 aliphatic heterocycles. The fourth-order valence-corrected chi connectivity index (χ4v) is 21.1. The Kier molecular flexibility index (Phi) is 27.9. The maximum Gasteiger partial charge on any atom is 0.251 e. The van der Waals surface area contributed by atoms with Crippen LogP contribution in [0.1, 0.15) is 166 Å². The van der Waals surface area contributed by atoms with Gasteiger partial charge in [-0.3, -0.25) is 28.9 Å². The number of imidazole rings is 1. The smallest absolute Gasteiger partial charge is 0.251 e. The number of carbonyl (C=O) groups excluding carboxylic acids is 4. The molecule has 112 heavy (non-hydrogen) atoms. The molecule has 6 aliphatic carbocycles. The van der Waals surface area contributed by atoms with Crippen LogP contribution in [0.25, 0.3) is 22.3 Å². The van der Waals surface area contributed by atoms with Crippen LogP contribution in [0, 0.1) is 70.0 Å². The van der Waals surface area contributed by atoms with E-state index in [0.29, 0.717) is 102 Å². The van der Waals surface area contributed by atoms with Gasteiger partial charge in [-0.15, -0.1) is 0 Å². The van der Waals surface area contributed by atoms with E-state index in [0.717, 1.165) is 63.3 Å². The molecule has 6 saturated carbocycles. The van der Waals surface area contributed by atoms with E-state index >= 15 is 0 Å². The van der Waals surface area contributed by atoms with Gasteiger partial charge in [0.25, 0.3) is 5.91 Å². The number of aromatic amines is 1. The lowest BCUT2D eigenvalue weighted by Gasteiger charge is -2.62. The maximum absolute atomic E-state index is 14.5. The highest BCUT2D eigenvalue weighted by Crippen LogP contribution is 2.64. The van der Waals surface area contributed by atoms with E-state index in [2.05, 4.69) is 62.1 Å². The summed E-state index contributed by atoms with van der Waals surface area (Å²) in [5.41, 5.74) is 8.92. The van der Waals surface area contributed by atoms with Crippen molar-refractivity contribution in [2.75, 3.05) is 106 Å². The molecule has 1 aromatic heterocycles. The van der Waals surface area contributed by atoms with Gasteiger partial charge in [-0.05, 0) is 201 Å². The molecule has 4 bridgehead atoms. The summed E-state index contributed by atoms with van der Waals surface area (Å²) in [5, 5.41) is 42.4. The second-order valence-corrected chi connectivity index (χ2v) is 39.5. The quantitative estimate of drug-likeness (QED) is 0.0218. The van der Waals surface area contributed by atoms with Crippen molar-refractivity contribution in [3.63, 3.8) is 0 Å². The van der Waals surface area contributed by atoms with Crippen LogP contribution < -0.4 is 29.9 Å². The average molecular weight is 1570 g/mol. The lowest BCUT2D eigenvalue weighted by molar-refractivity contribution is -0.183. The standard InChI is InChI=1S/C46H71N3O7S.C42H61N7O6/c1-14-41-42(29(3)50)43(40(52)23-32-20-35-24-38(28(32)2)46(35,7)8)49(56-41)26-31-16-15-17-37(44(31)55-13)33-19-34(22-36(21-33)48(11)12)39(51)18-30(25-47(9)10)27-57(53,54)45(4,5)6;1-24-34-16-29(42(34,3)4)17-35(24)46-41(53)38-37(25(2)51)36(22-50)55-49(38)20-26-11-10-12-33(39(26)54-9)27-13-28(15-32(14-27)48(7)8)40(52)45-31(21-47(5)6)18-30-19-43-23-44-30/h15-17,19,21-22,28-30,32,35,38,41-43,50H,14,18,20,23-27H2,1-13H3;10-15,19,23-25,29,31,34-38,50-51H,16-18,20-22H2,1-9H3,(H,43,44)(H,45,52)(H,46,53)/t28-,29+,30+,32-,35+,38+,41+,42-,43-;24-,25-,29+,31-,34-,35-,36-,37+,38-/m10/s1. The molecular formula is C88H132N10O13S. The van der Waals surface area contributed by atoms with Crippen molar-refractivity contribution in [1.82, 2.24) is 40.5 Å². The monoisotopic (exact) mass is 1570 g/mol. The second-order valence-electron chi connectivity index (χ2n) is 36.7. The number of methoxy groups -OCH3 is 2. The number of likely N-dealkylation sites (N-methyl/N-ethyl adjacent to an activating group) is 1. The molecule has 8 fully saturated rings. The van der Waals surface area contributed by atoms with E-state index in [4.69, 9.17) is 19.1 Å². The number of hydrogen-bond acceptors (Lipinski definition) is 20. The predicted molar refractivity (Wildman–Crippen MR) is 442 cm³/mol. The number of ketones is 2. The van der Waals surface area contributed by atoms with E-state index in [9.17, 15) is 42.9 Å². The molecular weight excluding hydrogens is 1440 g/mol. The zero-order valence-corrected chi connectivity index (χ0v) is 71.7. The van der Waals surface area contributed by atoms with Crippen LogP contribution in [0.5, 0.6) is 11.5 Å². The Hall–Kier alpha value is -6.84. The number of fused-ring (bicyclic) bond motifs is 4. The number of nitrogens with one attached hydrogen (secondary N) is 3. The van der Waals surface area contributed by atoms with Crippen molar-refractivity contribution in [2.45, 2.75) is 201 Å². The number of nitrogens with zero attached hydrogens (tertiary/aromatic N) is 7. The summed E-state index contributed by atoms with van der Waals surface area (Å²) < 4.78 is 37.8. The summed E-state index contributed by atoms with van der Waals surface area (Å²) in [6.45, 7) is 25.7. The number of rotatable bonds is 32. The fourth-order valence-electron chi connectivity index (χ4n) is 19.7. The average Bonchev–Trinajstić information content (AvgIpc) is 0.775. The van der Waals surface area contributed by atoms with Gasteiger partial charge in [0, 0.05) is 141 Å². The van der Waals surface area contributed by atoms with Crippen LogP contribution in [-0.4, -0.2) is 226 Å². The van der Waals surface area contributed by atoms with Crippen LogP contribution in [0.3, 0.4) is 0 Å². The zero-order chi connectivity index (χ0) is 82.1. The number of aliphatic hydroxyl groups excluding tert-OH is 3. The Balaban J connectivity index is 0.000000238. The Labute approximate surface area is 667 Å². The van der Waals surface area contributed by atoms with Gasteiger partial charge in [0.2, 0.25) is 5.91 Å². The maximum atomic E-state index is 14.5. The number of aliphatic hydroxyl groups is 3. The van der Waals surface area contributed by atoms with E-state index in [-0.39, 0.29) is 90.7 Å². The first-order valence-electron chi connectivity index (χ1n) is 40.6. The number of H-pyrrole nitrogens is 1. The molecule has 24 heteroatoms. The molecule has 13 rings (SSSR count). The predicted octanol–water partition coefficient (Wildman–Crippen LogP) is 11.3. The van der Waals surface area contributed by atoms with Crippen molar-refractivity contribution in [1.29, 1.82) is 0 Å². The molecule has 0 unspecified atom stereocenters. The molecule has 3 heterocycles. The normalized spacial score (nSPS) is 27.1. The van der Waals surface area contributed by atoms with Gasteiger partial charge in [-0.25, -0.2) is 13.4 Å². The Morgan fingerprint density at radius 2 is 1.22 bits per heavy atom. The first-order valence-corrected chi connectivity index (χ1v) is 42.2. The summed E-state index contributed by atoms with van der Waals surface area (Å²) >= 11 is 0. The first kappa shape index (κ1) is 87.5. The highest BCUT2D eigenvalue weighted by molar-refractivity contribution is 7.92. The molecule has 618 valence electrons. The minimum Gasteiger partial charge on any atom is -0.496 e. The SMILES string of the molecule is CC[C@@H]1ON(Cc2cccc(-c3cc(C(=O)C[C@@H](CN(C)C)CS(=O)(=O)C(C)(C)C)cc(N(C)C)c3)c2OC)[C@H](C(=O)C[C@H]2C[C@H]3C[C@@H]([C@@H]2C)C3(C)C)[C@@H]1[C@H](C)O.COc1c(CN2O[C@@H](CO)[C@@H]([C@H](C)O)[C@H]2C(=O)N[C@H]2C[C@H]3C[C@@H]([C@@H]2C)C3(C)C)cccc1-c1cc(C(=O)N[C@@H](Cc2cnc[nH]2)CN(C)C)cc(N(C)C)c1. The van der Waals surface area contributed by atoms with Gasteiger partial charge in [-0.2, -0.15) is 10.1 Å². The number of carbonyl (C=O) groups is 4. The third-order valence-electron chi connectivity index (χ3n) is 26.5. The van der Waals surface area contributed by atoms with Crippen molar-refractivity contribution in [3.8, 4) is 33.8 Å². The Morgan fingerprint density at radius 1 is 0.705 bits per heavy atom. The van der Waals surface area contributed by atoms with E-state index in [1.807, 2.05) is 156 Å². The molecule has 2 saturated heterocycles. The van der Waals surface area contributed by atoms with Gasteiger partial charge in [0.1, 0.15) is 29.7 Å². The third-order valence-corrected chi connectivity index (χ3v) is 29.2. The summed E-state index contributed by atoms with van der Waals surface area (Å²) in [6, 6.07) is 21.7.